The van der Waals surface area contributed by atoms with Gasteiger partial charge >= 0.3 is 0 Å². The Labute approximate surface area is 173 Å². The first kappa shape index (κ1) is 21.8. The van der Waals surface area contributed by atoms with Crippen molar-refractivity contribution in [1.29, 1.82) is 0 Å². The summed E-state index contributed by atoms with van der Waals surface area (Å²) in [5.41, 5.74) is 2.08. The van der Waals surface area contributed by atoms with E-state index in [-0.39, 0.29) is 17.7 Å². The molecule has 0 aromatic heterocycles. The number of nitrogens with one attached hydrogen (secondary N) is 2. The number of rotatable bonds is 7. The van der Waals surface area contributed by atoms with Gasteiger partial charge in [0.25, 0.3) is 5.91 Å². The van der Waals surface area contributed by atoms with Crippen molar-refractivity contribution in [3.8, 4) is 11.5 Å². The largest absolute Gasteiger partial charge is 0.497 e. The highest BCUT2D eigenvalue weighted by molar-refractivity contribution is 9.10. The Hall–Kier alpha value is -2.54. The molecular formula is C21H25BrN2O4. The van der Waals surface area contributed by atoms with Gasteiger partial charge < -0.3 is 20.1 Å². The Morgan fingerprint density at radius 1 is 1.00 bits per heavy atom. The van der Waals surface area contributed by atoms with Crippen molar-refractivity contribution in [1.82, 2.24) is 5.32 Å². The van der Waals surface area contributed by atoms with E-state index in [4.69, 9.17) is 9.47 Å². The molecule has 2 aromatic rings. The monoisotopic (exact) mass is 448 g/mol. The number of methoxy groups -OCH3 is 2. The number of hydrogen-bond donors (Lipinski definition) is 2. The van der Waals surface area contributed by atoms with Crippen molar-refractivity contribution in [2.75, 3.05) is 19.5 Å². The second-order valence-corrected chi connectivity index (χ2v) is 7.60. The molecule has 0 spiro atoms. The lowest BCUT2D eigenvalue weighted by molar-refractivity contribution is -0.118. The number of hydrogen-bond acceptors (Lipinski definition) is 4. The van der Waals surface area contributed by atoms with Gasteiger partial charge in [-0.15, -0.1) is 0 Å². The van der Waals surface area contributed by atoms with Gasteiger partial charge in [-0.1, -0.05) is 35.8 Å². The van der Waals surface area contributed by atoms with Crippen LogP contribution in [0, 0.1) is 12.8 Å². The molecule has 1 unspecified atom stereocenters. The first-order chi connectivity index (χ1) is 13.2. The van der Waals surface area contributed by atoms with Gasteiger partial charge in [-0.25, -0.2) is 0 Å². The number of carbonyl (C=O) groups is 2. The number of ether oxygens (including phenoxy) is 2. The highest BCUT2D eigenvalue weighted by Crippen LogP contribution is 2.23. The summed E-state index contributed by atoms with van der Waals surface area (Å²) < 4.78 is 11.3. The topological polar surface area (TPSA) is 76.7 Å². The van der Waals surface area contributed by atoms with E-state index in [1.54, 1.807) is 18.2 Å². The number of anilines is 1. The third kappa shape index (κ3) is 5.48. The van der Waals surface area contributed by atoms with Gasteiger partial charge in [0.2, 0.25) is 5.91 Å². The molecular weight excluding hydrogens is 424 g/mol. The molecule has 0 saturated carbocycles. The van der Waals surface area contributed by atoms with Crippen molar-refractivity contribution in [3.05, 3.63) is 52.0 Å². The van der Waals surface area contributed by atoms with Crippen molar-refractivity contribution in [2.24, 2.45) is 5.92 Å². The molecule has 2 rings (SSSR count). The van der Waals surface area contributed by atoms with Crippen LogP contribution in [0.3, 0.4) is 0 Å². The van der Waals surface area contributed by atoms with Crippen LogP contribution in [-0.4, -0.2) is 32.1 Å². The summed E-state index contributed by atoms with van der Waals surface area (Å²) in [6, 6.07) is 9.74. The van der Waals surface area contributed by atoms with Crippen LogP contribution in [0.4, 0.5) is 5.69 Å². The van der Waals surface area contributed by atoms with Crippen LogP contribution >= 0.6 is 15.9 Å². The Morgan fingerprint density at radius 3 is 2.11 bits per heavy atom. The molecule has 0 aliphatic heterocycles. The molecule has 2 aromatic carbocycles. The van der Waals surface area contributed by atoms with Crippen molar-refractivity contribution >= 4 is 33.4 Å². The zero-order valence-corrected chi connectivity index (χ0v) is 18.2. The number of halogens is 1. The maximum absolute atomic E-state index is 12.8. The Morgan fingerprint density at radius 2 is 1.61 bits per heavy atom. The van der Waals surface area contributed by atoms with E-state index in [0.29, 0.717) is 22.7 Å². The van der Waals surface area contributed by atoms with Crippen LogP contribution in [0.2, 0.25) is 0 Å². The minimum absolute atomic E-state index is 0.106. The smallest absolute Gasteiger partial charge is 0.252 e. The van der Waals surface area contributed by atoms with Gasteiger partial charge in [0.15, 0.2) is 0 Å². The van der Waals surface area contributed by atoms with Crippen molar-refractivity contribution in [2.45, 2.75) is 26.8 Å². The minimum Gasteiger partial charge on any atom is -0.497 e. The van der Waals surface area contributed by atoms with Crippen molar-refractivity contribution in [3.63, 3.8) is 0 Å². The zero-order chi connectivity index (χ0) is 20.8. The van der Waals surface area contributed by atoms with Crippen LogP contribution in [-0.2, 0) is 4.79 Å². The fraction of sp³-hybridized carbons (Fsp3) is 0.333. The molecule has 0 aliphatic rings. The fourth-order valence-corrected chi connectivity index (χ4v) is 2.97. The van der Waals surface area contributed by atoms with Crippen LogP contribution in [0.25, 0.3) is 0 Å². The maximum Gasteiger partial charge on any atom is 0.252 e. The summed E-state index contributed by atoms with van der Waals surface area (Å²) in [5.74, 6) is 0.231. The standard InChI is InChI=1S/C21H25BrN2O4/c1-12(2)19(21(26)23-15-7-6-13(3)18(22)10-15)24-20(25)14-8-16(27-4)11-17(9-14)28-5/h6-12,19H,1-5H3,(H,23,26)(H,24,25). The Bertz CT molecular complexity index is 845. The third-order valence-electron chi connectivity index (χ3n) is 4.29. The minimum atomic E-state index is -0.704. The molecule has 0 heterocycles. The Balaban J connectivity index is 2.18. The average molecular weight is 449 g/mol. The van der Waals surface area contributed by atoms with Crippen LogP contribution in [0.15, 0.2) is 40.9 Å². The lowest BCUT2D eigenvalue weighted by atomic mass is 10.0. The zero-order valence-electron chi connectivity index (χ0n) is 16.6. The number of amides is 2. The summed E-state index contributed by atoms with van der Waals surface area (Å²) in [4.78, 5) is 25.5. The summed E-state index contributed by atoms with van der Waals surface area (Å²) >= 11 is 3.46. The summed E-state index contributed by atoms with van der Waals surface area (Å²) in [6.07, 6.45) is 0. The highest BCUT2D eigenvalue weighted by Gasteiger charge is 2.25. The first-order valence-corrected chi connectivity index (χ1v) is 9.65. The van der Waals surface area contributed by atoms with Crippen LogP contribution in [0.1, 0.15) is 29.8 Å². The average Bonchev–Trinajstić information content (AvgIpc) is 2.67. The molecule has 28 heavy (non-hydrogen) atoms. The van der Waals surface area contributed by atoms with E-state index in [1.165, 1.54) is 14.2 Å². The van der Waals surface area contributed by atoms with E-state index in [2.05, 4.69) is 26.6 Å². The molecule has 150 valence electrons. The number of aryl methyl sites for hydroxylation is 1. The molecule has 6 nitrogen and oxygen atoms in total. The molecule has 0 fully saturated rings. The van der Waals surface area contributed by atoms with Gasteiger partial charge in [0, 0.05) is 21.8 Å². The lowest BCUT2D eigenvalue weighted by Crippen LogP contribution is -2.47. The number of benzene rings is 2. The lowest BCUT2D eigenvalue weighted by Gasteiger charge is -2.22. The first-order valence-electron chi connectivity index (χ1n) is 8.86. The van der Waals surface area contributed by atoms with E-state index < -0.39 is 6.04 Å². The second-order valence-electron chi connectivity index (χ2n) is 6.75. The molecule has 0 saturated heterocycles. The van der Waals surface area contributed by atoms with E-state index in [0.717, 1.165) is 10.0 Å². The number of carbonyl (C=O) groups excluding carboxylic acids is 2. The van der Waals surface area contributed by atoms with E-state index in [9.17, 15) is 9.59 Å². The quantitative estimate of drug-likeness (QED) is 0.666. The van der Waals surface area contributed by atoms with Gasteiger partial charge in [-0.2, -0.15) is 0 Å². The fourth-order valence-electron chi connectivity index (χ4n) is 2.59. The third-order valence-corrected chi connectivity index (χ3v) is 5.14. The molecule has 0 radical (unpaired) electrons. The normalized spacial score (nSPS) is 11.7. The molecule has 7 heteroatoms. The Kier molecular flexibility index (Phi) is 7.45. The predicted octanol–water partition coefficient (Wildman–Crippen LogP) is 4.17. The predicted molar refractivity (Wildman–Crippen MR) is 113 cm³/mol. The molecule has 1 atom stereocenters. The summed E-state index contributed by atoms with van der Waals surface area (Å²) in [5, 5.41) is 5.67. The van der Waals surface area contributed by atoms with Crippen molar-refractivity contribution < 1.29 is 19.1 Å². The maximum atomic E-state index is 12.8. The van der Waals surface area contributed by atoms with Crippen LogP contribution in [0.5, 0.6) is 11.5 Å². The molecule has 2 N–H and O–H groups in total. The summed E-state index contributed by atoms with van der Waals surface area (Å²) in [6.45, 7) is 5.72. The highest BCUT2D eigenvalue weighted by atomic mass is 79.9. The van der Waals surface area contributed by atoms with E-state index in [1.807, 2.05) is 39.0 Å². The van der Waals surface area contributed by atoms with Gasteiger partial charge in [-0.05, 0) is 42.7 Å². The van der Waals surface area contributed by atoms with Gasteiger partial charge in [-0.3, -0.25) is 9.59 Å². The second kappa shape index (κ2) is 9.59. The van der Waals surface area contributed by atoms with Gasteiger partial charge in [0.1, 0.15) is 17.5 Å². The molecule has 0 aliphatic carbocycles. The SMILES string of the molecule is COc1cc(OC)cc(C(=O)NC(C(=O)Nc2ccc(C)c(Br)c2)C(C)C)c1. The van der Waals surface area contributed by atoms with Crippen LogP contribution < -0.4 is 20.1 Å². The van der Waals surface area contributed by atoms with E-state index >= 15 is 0 Å². The summed E-state index contributed by atoms with van der Waals surface area (Å²) in [7, 11) is 3.03. The van der Waals surface area contributed by atoms with Gasteiger partial charge in [0.05, 0.1) is 14.2 Å². The molecule has 2 amide bonds. The molecule has 0 bridgehead atoms.